The molecule has 6 heteroatoms. The van der Waals surface area contributed by atoms with Crippen LogP contribution < -0.4 is 11.1 Å². The van der Waals surface area contributed by atoms with Crippen LogP contribution in [-0.4, -0.2) is 34.2 Å². The zero-order valence-electron chi connectivity index (χ0n) is 10.3. The van der Waals surface area contributed by atoms with E-state index < -0.39 is 6.04 Å². The van der Waals surface area contributed by atoms with Gasteiger partial charge >= 0.3 is 0 Å². The van der Waals surface area contributed by atoms with Crippen LogP contribution in [0.1, 0.15) is 24.4 Å². The molecule has 1 amide bonds. The van der Waals surface area contributed by atoms with Gasteiger partial charge in [-0.1, -0.05) is 0 Å². The van der Waals surface area contributed by atoms with Crippen molar-refractivity contribution in [1.82, 2.24) is 15.1 Å². The van der Waals surface area contributed by atoms with E-state index in [0.717, 1.165) is 24.2 Å². The molecule has 0 fully saturated rings. The molecule has 96 valence electrons. The summed E-state index contributed by atoms with van der Waals surface area (Å²) in [7, 11) is 1.80. The van der Waals surface area contributed by atoms with Gasteiger partial charge in [0.15, 0.2) is 0 Å². The first kappa shape index (κ1) is 14.1. The van der Waals surface area contributed by atoms with Crippen molar-refractivity contribution in [2.24, 2.45) is 12.8 Å². The highest BCUT2D eigenvalue weighted by molar-refractivity contribution is 7.98. The lowest BCUT2D eigenvalue weighted by molar-refractivity contribution is -0.122. The van der Waals surface area contributed by atoms with E-state index in [-0.39, 0.29) is 5.91 Å². The number of nitrogens with zero attached hydrogens (tertiary/aromatic N) is 2. The molecule has 1 aromatic heterocycles. The third kappa shape index (κ3) is 4.79. The van der Waals surface area contributed by atoms with E-state index in [1.165, 1.54) is 0 Å². The van der Waals surface area contributed by atoms with Gasteiger partial charge in [0.05, 0.1) is 6.20 Å². The smallest absolute Gasteiger partial charge is 0.241 e. The molecule has 0 spiro atoms. The summed E-state index contributed by atoms with van der Waals surface area (Å²) in [5, 5.41) is 6.83. The van der Waals surface area contributed by atoms with Crippen LogP contribution in [0.15, 0.2) is 12.4 Å². The number of rotatable bonds is 7. The van der Waals surface area contributed by atoms with E-state index in [4.69, 9.17) is 5.73 Å². The first-order chi connectivity index (χ1) is 8.15. The van der Waals surface area contributed by atoms with Gasteiger partial charge in [0.2, 0.25) is 5.91 Å². The zero-order valence-corrected chi connectivity index (χ0v) is 11.2. The summed E-state index contributed by atoms with van der Waals surface area (Å²) in [6.45, 7) is 0.688. The maximum Gasteiger partial charge on any atom is 0.241 e. The lowest BCUT2D eigenvalue weighted by Crippen LogP contribution is -2.34. The van der Waals surface area contributed by atoms with Crippen LogP contribution in [0.2, 0.25) is 0 Å². The standard InChI is InChI=1S/C11H20N4OS/c1-15-8-9(7-14-15)10(12)11(16)13-5-3-4-6-17-2/h7-8,10H,3-6,12H2,1-2H3,(H,13,16). The fourth-order valence-corrected chi connectivity index (χ4v) is 1.94. The monoisotopic (exact) mass is 256 g/mol. The Balaban J connectivity index is 2.28. The number of amides is 1. The van der Waals surface area contributed by atoms with Crippen molar-refractivity contribution >= 4 is 17.7 Å². The molecule has 0 radical (unpaired) electrons. The van der Waals surface area contributed by atoms with Crippen molar-refractivity contribution in [2.75, 3.05) is 18.6 Å². The number of hydrogen-bond acceptors (Lipinski definition) is 4. The molecule has 0 aliphatic rings. The number of aryl methyl sites for hydroxylation is 1. The van der Waals surface area contributed by atoms with Gasteiger partial charge in [-0.2, -0.15) is 16.9 Å². The second-order valence-corrected chi connectivity index (χ2v) is 4.90. The molecule has 5 nitrogen and oxygen atoms in total. The summed E-state index contributed by atoms with van der Waals surface area (Å²) >= 11 is 1.82. The Hall–Kier alpha value is -1.01. The van der Waals surface area contributed by atoms with Crippen LogP contribution in [0.3, 0.4) is 0 Å². The Kier molecular flexibility index (Phi) is 6.07. The summed E-state index contributed by atoms with van der Waals surface area (Å²) in [5.41, 5.74) is 6.57. The van der Waals surface area contributed by atoms with E-state index >= 15 is 0 Å². The van der Waals surface area contributed by atoms with Gasteiger partial charge in [0, 0.05) is 25.4 Å². The van der Waals surface area contributed by atoms with Gasteiger partial charge in [-0.15, -0.1) is 0 Å². The van der Waals surface area contributed by atoms with Gasteiger partial charge in [-0.25, -0.2) is 0 Å². The van der Waals surface area contributed by atoms with Crippen LogP contribution >= 0.6 is 11.8 Å². The highest BCUT2D eigenvalue weighted by Gasteiger charge is 2.16. The Bertz CT molecular complexity index is 353. The van der Waals surface area contributed by atoms with Gasteiger partial charge in [0.1, 0.15) is 6.04 Å². The predicted molar refractivity (Wildman–Crippen MR) is 70.8 cm³/mol. The lowest BCUT2D eigenvalue weighted by atomic mass is 10.1. The lowest BCUT2D eigenvalue weighted by Gasteiger charge is -2.10. The molecule has 0 aromatic carbocycles. The molecule has 0 saturated heterocycles. The molecule has 1 heterocycles. The number of aromatic nitrogens is 2. The predicted octanol–water partition coefficient (Wildman–Crippen LogP) is 0.679. The maximum absolute atomic E-state index is 11.7. The minimum absolute atomic E-state index is 0.137. The number of carbonyl (C=O) groups is 1. The highest BCUT2D eigenvalue weighted by atomic mass is 32.2. The topological polar surface area (TPSA) is 72.9 Å². The van der Waals surface area contributed by atoms with Gasteiger partial charge in [-0.05, 0) is 24.9 Å². The first-order valence-electron chi connectivity index (χ1n) is 5.66. The summed E-state index contributed by atoms with van der Waals surface area (Å²) in [4.78, 5) is 11.7. The van der Waals surface area contributed by atoms with Crippen molar-refractivity contribution in [1.29, 1.82) is 0 Å². The fourth-order valence-electron chi connectivity index (χ4n) is 1.45. The number of nitrogens with one attached hydrogen (secondary N) is 1. The molecule has 3 N–H and O–H groups in total. The van der Waals surface area contributed by atoms with E-state index in [0.29, 0.717) is 6.54 Å². The normalized spacial score (nSPS) is 12.4. The van der Waals surface area contributed by atoms with Crippen molar-refractivity contribution in [3.8, 4) is 0 Å². The quantitative estimate of drug-likeness (QED) is 0.704. The van der Waals surface area contributed by atoms with E-state index in [1.807, 2.05) is 11.8 Å². The number of carbonyl (C=O) groups excluding carboxylic acids is 1. The molecule has 1 unspecified atom stereocenters. The third-order valence-corrected chi connectivity index (χ3v) is 3.14. The van der Waals surface area contributed by atoms with Crippen LogP contribution in [0.4, 0.5) is 0 Å². The van der Waals surface area contributed by atoms with E-state index in [9.17, 15) is 4.79 Å². The van der Waals surface area contributed by atoms with Gasteiger partial charge in [0.25, 0.3) is 0 Å². The van der Waals surface area contributed by atoms with Crippen molar-refractivity contribution in [2.45, 2.75) is 18.9 Å². The van der Waals surface area contributed by atoms with E-state index in [1.54, 1.807) is 24.1 Å². The van der Waals surface area contributed by atoms with E-state index in [2.05, 4.69) is 16.7 Å². The molecule has 0 saturated carbocycles. The Labute approximate surface area is 106 Å². The Morgan fingerprint density at radius 3 is 3.00 bits per heavy atom. The minimum atomic E-state index is -0.621. The van der Waals surface area contributed by atoms with Crippen LogP contribution in [-0.2, 0) is 11.8 Å². The first-order valence-corrected chi connectivity index (χ1v) is 7.05. The molecule has 0 aliphatic carbocycles. The van der Waals surface area contributed by atoms with Crippen molar-refractivity contribution in [3.63, 3.8) is 0 Å². The SMILES string of the molecule is CSCCCCNC(=O)C(N)c1cnn(C)c1. The maximum atomic E-state index is 11.7. The van der Waals surface area contributed by atoms with Gasteiger partial charge in [-0.3, -0.25) is 9.48 Å². The number of unbranched alkanes of at least 4 members (excludes halogenated alkanes) is 1. The minimum Gasteiger partial charge on any atom is -0.354 e. The summed E-state index contributed by atoms with van der Waals surface area (Å²) < 4.78 is 1.64. The van der Waals surface area contributed by atoms with Gasteiger partial charge < -0.3 is 11.1 Å². The molecule has 0 aliphatic heterocycles. The average molecular weight is 256 g/mol. The van der Waals surface area contributed by atoms with Crippen LogP contribution in [0.25, 0.3) is 0 Å². The molecule has 17 heavy (non-hydrogen) atoms. The highest BCUT2D eigenvalue weighted by Crippen LogP contribution is 2.08. The average Bonchev–Trinajstić information content (AvgIpc) is 2.74. The molecule has 1 rings (SSSR count). The molecule has 0 bridgehead atoms. The second kappa shape index (κ2) is 7.34. The molecular weight excluding hydrogens is 236 g/mol. The summed E-state index contributed by atoms with van der Waals surface area (Å²) in [6, 6.07) is -0.621. The molecular formula is C11H20N4OS. The number of thioether (sulfide) groups is 1. The molecule has 1 atom stereocenters. The number of nitrogens with two attached hydrogens (primary N) is 1. The van der Waals surface area contributed by atoms with Crippen molar-refractivity contribution in [3.05, 3.63) is 18.0 Å². The Morgan fingerprint density at radius 1 is 1.65 bits per heavy atom. The van der Waals surface area contributed by atoms with Crippen molar-refractivity contribution < 1.29 is 4.79 Å². The fraction of sp³-hybridized carbons (Fsp3) is 0.636. The van der Waals surface area contributed by atoms with Crippen LogP contribution in [0.5, 0.6) is 0 Å². The number of hydrogen-bond donors (Lipinski definition) is 2. The zero-order chi connectivity index (χ0) is 12.7. The largest absolute Gasteiger partial charge is 0.354 e. The summed E-state index contributed by atoms with van der Waals surface area (Å²) in [6.07, 6.45) is 7.57. The summed E-state index contributed by atoms with van der Waals surface area (Å²) in [5.74, 6) is 0.993. The molecule has 1 aromatic rings. The second-order valence-electron chi connectivity index (χ2n) is 3.92. The third-order valence-electron chi connectivity index (χ3n) is 2.44. The Morgan fingerprint density at radius 2 is 2.41 bits per heavy atom. The van der Waals surface area contributed by atoms with Crippen LogP contribution in [0, 0.1) is 0 Å².